The number of ether oxygens (including phenoxy) is 1. The Hall–Kier alpha value is -4.17. The van der Waals surface area contributed by atoms with Gasteiger partial charge in [0.2, 0.25) is 0 Å². The van der Waals surface area contributed by atoms with Crippen molar-refractivity contribution in [1.29, 1.82) is 0 Å². The monoisotopic (exact) mass is 514 g/mol. The van der Waals surface area contributed by atoms with Gasteiger partial charge in [-0.3, -0.25) is 4.79 Å². The number of fused-ring (bicyclic) bond motifs is 3. The Bertz CT molecular complexity index is 1740. The van der Waals surface area contributed by atoms with Crippen LogP contribution in [0.3, 0.4) is 0 Å². The maximum atomic E-state index is 13.9. The SMILES string of the molecule is COc1ccc(Cn2c(=O)c3c(O)c(Sc4ccc(C)cc4)c(=O)oc3c3ccc(N(C)C)cc32)cc1. The minimum absolute atomic E-state index is 0.0197. The topological polar surface area (TPSA) is 84.9 Å². The van der Waals surface area contributed by atoms with E-state index in [1.807, 2.05) is 92.6 Å². The van der Waals surface area contributed by atoms with E-state index >= 15 is 0 Å². The first kappa shape index (κ1) is 24.5. The third kappa shape index (κ3) is 4.56. The molecular weight excluding hydrogens is 488 g/mol. The van der Waals surface area contributed by atoms with Crippen molar-refractivity contribution in [3.05, 3.63) is 98.6 Å². The molecule has 0 aliphatic carbocycles. The first-order valence-corrected chi connectivity index (χ1v) is 12.5. The highest BCUT2D eigenvalue weighted by molar-refractivity contribution is 7.99. The van der Waals surface area contributed by atoms with Crippen LogP contribution < -0.4 is 20.8 Å². The van der Waals surface area contributed by atoms with Crippen molar-refractivity contribution in [2.45, 2.75) is 23.3 Å². The predicted molar refractivity (Wildman–Crippen MR) is 148 cm³/mol. The second kappa shape index (κ2) is 9.71. The van der Waals surface area contributed by atoms with E-state index in [9.17, 15) is 14.7 Å². The second-order valence-electron chi connectivity index (χ2n) is 9.02. The molecule has 2 aromatic heterocycles. The van der Waals surface area contributed by atoms with Gasteiger partial charge in [-0.15, -0.1) is 0 Å². The molecule has 7 nitrogen and oxygen atoms in total. The van der Waals surface area contributed by atoms with Crippen LogP contribution in [0.1, 0.15) is 11.1 Å². The molecule has 0 unspecified atom stereocenters. The van der Waals surface area contributed by atoms with Crippen LogP contribution in [0.25, 0.3) is 21.9 Å². The van der Waals surface area contributed by atoms with Crippen molar-refractivity contribution in [3.8, 4) is 11.5 Å². The number of nitrogens with zero attached hydrogens (tertiary/aromatic N) is 2. The highest BCUT2D eigenvalue weighted by Gasteiger charge is 2.23. The van der Waals surface area contributed by atoms with E-state index in [-0.39, 0.29) is 28.2 Å². The molecule has 188 valence electrons. The molecule has 0 amide bonds. The number of hydrogen-bond donors (Lipinski definition) is 1. The minimum Gasteiger partial charge on any atom is -0.505 e. The van der Waals surface area contributed by atoms with E-state index in [2.05, 4.69) is 0 Å². The van der Waals surface area contributed by atoms with Crippen LogP contribution in [0.4, 0.5) is 5.69 Å². The van der Waals surface area contributed by atoms with Crippen molar-refractivity contribution in [2.75, 3.05) is 26.1 Å². The van der Waals surface area contributed by atoms with Crippen molar-refractivity contribution < 1.29 is 14.3 Å². The fourth-order valence-corrected chi connectivity index (χ4v) is 5.07. The van der Waals surface area contributed by atoms with Crippen molar-refractivity contribution in [1.82, 2.24) is 4.57 Å². The first-order valence-electron chi connectivity index (χ1n) is 11.7. The molecule has 0 atom stereocenters. The number of anilines is 1. The van der Waals surface area contributed by atoms with Crippen molar-refractivity contribution >= 4 is 39.3 Å². The van der Waals surface area contributed by atoms with Crippen LogP contribution in [-0.2, 0) is 6.54 Å². The molecule has 0 bridgehead atoms. The molecule has 3 aromatic carbocycles. The average molecular weight is 515 g/mol. The molecule has 5 aromatic rings. The lowest BCUT2D eigenvalue weighted by molar-refractivity contribution is 0.414. The van der Waals surface area contributed by atoms with Gasteiger partial charge in [0.15, 0.2) is 11.3 Å². The number of aromatic nitrogens is 1. The Morgan fingerprint density at radius 2 is 1.70 bits per heavy atom. The lowest BCUT2D eigenvalue weighted by Gasteiger charge is -2.18. The largest absolute Gasteiger partial charge is 0.505 e. The smallest absolute Gasteiger partial charge is 0.354 e. The number of aryl methyl sites for hydroxylation is 1. The van der Waals surface area contributed by atoms with E-state index in [4.69, 9.17) is 9.15 Å². The molecule has 0 spiro atoms. The summed E-state index contributed by atoms with van der Waals surface area (Å²) in [6, 6.07) is 20.6. The molecule has 0 saturated heterocycles. The third-order valence-corrected chi connectivity index (χ3v) is 7.36. The standard InChI is InChI=1S/C29H26N2O5S/c1-17-5-12-21(13-6-17)37-27-25(32)24-26(36-29(27)34)22-14-9-19(30(2)3)15-23(22)31(28(24)33)16-18-7-10-20(35-4)11-8-18/h5-15,32H,16H2,1-4H3. The molecule has 1 N–H and O–H groups in total. The molecule has 0 aliphatic rings. The molecule has 5 rings (SSSR count). The van der Waals surface area contributed by atoms with Crippen molar-refractivity contribution in [2.24, 2.45) is 0 Å². The fourth-order valence-electron chi connectivity index (χ4n) is 4.24. The van der Waals surface area contributed by atoms with Gasteiger partial charge in [0.05, 0.1) is 19.2 Å². The number of pyridine rings is 1. The molecule has 0 saturated carbocycles. The zero-order chi connectivity index (χ0) is 26.3. The van der Waals surface area contributed by atoms with Crippen LogP contribution in [0, 0.1) is 6.92 Å². The van der Waals surface area contributed by atoms with Crippen LogP contribution in [0.15, 0.2) is 90.5 Å². The minimum atomic E-state index is -0.694. The highest BCUT2D eigenvalue weighted by Crippen LogP contribution is 2.37. The number of benzene rings is 3. The van der Waals surface area contributed by atoms with Crippen LogP contribution in [0.2, 0.25) is 0 Å². The number of hydrogen-bond acceptors (Lipinski definition) is 7. The quantitative estimate of drug-likeness (QED) is 0.304. The van der Waals surface area contributed by atoms with E-state index in [1.165, 1.54) is 0 Å². The summed E-state index contributed by atoms with van der Waals surface area (Å²) < 4.78 is 12.6. The van der Waals surface area contributed by atoms with Crippen molar-refractivity contribution in [3.63, 3.8) is 0 Å². The Morgan fingerprint density at radius 3 is 2.35 bits per heavy atom. The summed E-state index contributed by atoms with van der Waals surface area (Å²) in [7, 11) is 5.42. The highest BCUT2D eigenvalue weighted by atomic mass is 32.2. The Kier molecular flexibility index (Phi) is 6.43. The Balaban J connectivity index is 1.77. The van der Waals surface area contributed by atoms with Gasteiger partial charge in [0.25, 0.3) is 5.56 Å². The van der Waals surface area contributed by atoms with Crippen LogP contribution in [-0.4, -0.2) is 30.9 Å². The summed E-state index contributed by atoms with van der Waals surface area (Å²) in [5.74, 6) is 0.343. The lowest BCUT2D eigenvalue weighted by atomic mass is 10.1. The summed E-state index contributed by atoms with van der Waals surface area (Å²) >= 11 is 1.07. The van der Waals surface area contributed by atoms with Gasteiger partial charge in [0.1, 0.15) is 16.0 Å². The van der Waals surface area contributed by atoms with Gasteiger partial charge in [-0.05, 0) is 55.0 Å². The summed E-state index contributed by atoms with van der Waals surface area (Å²) in [4.78, 5) is 29.6. The first-order chi connectivity index (χ1) is 17.8. The van der Waals surface area contributed by atoms with E-state index in [0.29, 0.717) is 16.7 Å². The van der Waals surface area contributed by atoms with Crippen LogP contribution >= 0.6 is 11.8 Å². The summed E-state index contributed by atoms with van der Waals surface area (Å²) in [6.07, 6.45) is 0. The van der Waals surface area contributed by atoms with Gasteiger partial charge in [0, 0.05) is 30.1 Å². The number of rotatable bonds is 6. The molecule has 8 heteroatoms. The van der Waals surface area contributed by atoms with Gasteiger partial charge in [-0.1, -0.05) is 41.6 Å². The van der Waals surface area contributed by atoms with Gasteiger partial charge < -0.3 is 23.7 Å². The summed E-state index contributed by atoms with van der Waals surface area (Å²) in [6.45, 7) is 2.22. The lowest BCUT2D eigenvalue weighted by Crippen LogP contribution is -2.23. The average Bonchev–Trinajstić information content (AvgIpc) is 2.89. The molecular formula is C29H26N2O5S. The maximum absolute atomic E-state index is 13.9. The molecule has 0 radical (unpaired) electrons. The van der Waals surface area contributed by atoms with E-state index in [0.717, 1.165) is 33.5 Å². The Labute approximate surface area is 217 Å². The molecule has 2 heterocycles. The van der Waals surface area contributed by atoms with Gasteiger partial charge >= 0.3 is 5.63 Å². The second-order valence-corrected chi connectivity index (χ2v) is 10.1. The zero-order valence-corrected chi connectivity index (χ0v) is 21.8. The zero-order valence-electron chi connectivity index (χ0n) is 20.9. The number of aromatic hydroxyl groups is 1. The maximum Gasteiger partial charge on any atom is 0.354 e. The third-order valence-electron chi connectivity index (χ3n) is 6.29. The molecule has 0 aliphatic heterocycles. The molecule has 0 fully saturated rings. The summed E-state index contributed by atoms with van der Waals surface area (Å²) in [5.41, 5.74) is 2.37. The van der Waals surface area contributed by atoms with E-state index < -0.39 is 11.2 Å². The predicted octanol–water partition coefficient (Wildman–Crippen LogP) is 5.40. The van der Waals surface area contributed by atoms with E-state index in [1.54, 1.807) is 11.7 Å². The fraction of sp³-hybridized carbons (Fsp3) is 0.172. The van der Waals surface area contributed by atoms with Gasteiger partial charge in [-0.25, -0.2) is 4.79 Å². The molecule has 37 heavy (non-hydrogen) atoms. The Morgan fingerprint density at radius 1 is 1.00 bits per heavy atom. The van der Waals surface area contributed by atoms with Gasteiger partial charge in [-0.2, -0.15) is 0 Å². The summed E-state index contributed by atoms with van der Waals surface area (Å²) in [5, 5.41) is 11.8. The number of methoxy groups -OCH3 is 1. The van der Waals surface area contributed by atoms with Crippen LogP contribution in [0.5, 0.6) is 11.5 Å². The normalized spacial score (nSPS) is 11.2.